The Morgan fingerprint density at radius 3 is 1.44 bits per heavy atom. The lowest BCUT2D eigenvalue weighted by atomic mass is 10.0. The number of amides is 16. The van der Waals surface area contributed by atoms with Crippen LogP contribution in [0.25, 0.3) is 0 Å². The maximum absolute atomic E-state index is 15.6. The molecule has 0 aromatic heterocycles. The third-order valence-electron chi connectivity index (χ3n) is 20.6. The highest BCUT2D eigenvalue weighted by Gasteiger charge is 2.45. The summed E-state index contributed by atoms with van der Waals surface area (Å²) in [7, 11) is 0. The number of imide groups is 2. The zero-order chi connectivity index (χ0) is 84.7. The number of hydrogen-bond acceptors (Lipinski definition) is 20. The Morgan fingerprint density at radius 2 is 0.957 bits per heavy atom. The molecule has 1 unspecified atom stereocenters. The lowest BCUT2D eigenvalue weighted by Gasteiger charge is -2.34. The molecule has 1 aromatic carbocycles. The third kappa shape index (κ3) is 33.9. The van der Waals surface area contributed by atoms with Crippen LogP contribution in [-0.2, 0) is 83.4 Å². The van der Waals surface area contributed by atoms with Crippen LogP contribution in [-0.4, -0.2) is 240 Å². The van der Waals surface area contributed by atoms with Crippen molar-refractivity contribution in [1.82, 2.24) is 67.9 Å². The Morgan fingerprint density at radius 1 is 0.504 bits per heavy atom. The average Bonchev–Trinajstić information content (AvgIpc) is 1.71. The normalized spacial score (nSPS) is 23.8. The lowest BCUT2D eigenvalue weighted by molar-refractivity contribution is -0.146. The van der Waals surface area contributed by atoms with Gasteiger partial charge >= 0.3 is 30.0 Å². The first-order chi connectivity index (χ1) is 54.8. The van der Waals surface area contributed by atoms with Gasteiger partial charge < -0.3 is 83.8 Å². The minimum atomic E-state index is -2.09. The van der Waals surface area contributed by atoms with Crippen molar-refractivity contribution in [2.75, 3.05) is 31.1 Å². The van der Waals surface area contributed by atoms with E-state index in [0.717, 1.165) is 72.4 Å². The number of urea groups is 2. The molecule has 5 rings (SSSR count). The summed E-state index contributed by atoms with van der Waals surface area (Å²) in [4.78, 5) is 244. The molecule has 2 bridgehead atoms. The van der Waals surface area contributed by atoms with Crippen molar-refractivity contribution < 1.29 is 102 Å². The molecule has 0 spiro atoms. The van der Waals surface area contributed by atoms with Crippen LogP contribution in [0.3, 0.4) is 0 Å². The Labute approximate surface area is 680 Å². The Kier molecular flexibility index (Phi) is 42.8. The van der Waals surface area contributed by atoms with Gasteiger partial charge in [0, 0.05) is 67.8 Å². The molecule has 37 heteroatoms. The molecule has 4 aliphatic heterocycles. The van der Waals surface area contributed by atoms with Gasteiger partial charge in [-0.25, -0.2) is 9.59 Å². The molecule has 16 N–H and O–H groups in total. The molecule has 4 aliphatic rings. The van der Waals surface area contributed by atoms with Gasteiger partial charge in [-0.3, -0.25) is 82.1 Å². The number of fused-ring (bicyclic) bond motifs is 8. The van der Waals surface area contributed by atoms with Crippen molar-refractivity contribution in [3.8, 4) is 0 Å². The van der Waals surface area contributed by atoms with Crippen molar-refractivity contribution >= 4 is 124 Å². The van der Waals surface area contributed by atoms with Crippen LogP contribution in [0.5, 0.6) is 0 Å². The van der Waals surface area contributed by atoms with E-state index in [1.54, 1.807) is 45.0 Å². The van der Waals surface area contributed by atoms with Crippen molar-refractivity contribution in [3.05, 3.63) is 35.4 Å². The van der Waals surface area contributed by atoms with Crippen molar-refractivity contribution in [2.24, 2.45) is 11.7 Å². The molecule has 0 aliphatic carbocycles. The van der Waals surface area contributed by atoms with Crippen molar-refractivity contribution in [1.29, 1.82) is 0 Å². The monoisotopic (exact) mass is 1650 g/mol. The van der Waals surface area contributed by atoms with Gasteiger partial charge in [-0.05, 0) is 88.2 Å². The minimum Gasteiger partial charge on any atom is -0.481 e. The van der Waals surface area contributed by atoms with Gasteiger partial charge in [0.15, 0.2) is 0 Å². The summed E-state index contributed by atoms with van der Waals surface area (Å²) in [6.45, 7) is 7.51. The average molecular weight is 1660 g/mol. The SMILES string of the molecule is CCCCCCCCCCCCCCCCCCC(=O)N[C@@H](CC)CN1C(=O)N[C@H](CCC(N)=O)C(=O)N[C@@H]2CSCc3ccccc3CSC[C@@H](NC(=O)[C@H](CCC(=O)O)NC(=O)NC(=O)[C@H]([C@@H](C)O)NC(=O)[C@@H](CCC(=O)O)NC(=O)[C@@H]3CCCN3C(=O)C(CC(=O)O)NC2=O)C(=O)N[C@@H](CC(C)C)C(=O)N2CCC[C@@H]2C1=O. The van der Waals surface area contributed by atoms with Gasteiger partial charge in [-0.2, -0.15) is 23.5 Å². The molecule has 0 radical (unpaired) electrons. The van der Waals surface area contributed by atoms with E-state index in [1.165, 1.54) is 69.1 Å². The Bertz CT molecular complexity index is 3500. The van der Waals surface area contributed by atoms with Crippen LogP contribution in [0.15, 0.2) is 24.3 Å². The van der Waals surface area contributed by atoms with E-state index in [2.05, 4.69) is 54.8 Å². The van der Waals surface area contributed by atoms with Gasteiger partial charge in [0.2, 0.25) is 59.1 Å². The number of nitrogens with two attached hydrogens (primary N) is 1. The predicted molar refractivity (Wildman–Crippen MR) is 426 cm³/mol. The number of carboxylic acids is 3. The van der Waals surface area contributed by atoms with E-state index in [9.17, 15) is 73.2 Å². The van der Waals surface area contributed by atoms with E-state index in [0.29, 0.717) is 17.5 Å². The van der Waals surface area contributed by atoms with Crippen LogP contribution in [0.2, 0.25) is 0 Å². The van der Waals surface area contributed by atoms with Gasteiger partial charge in [0.05, 0.1) is 19.1 Å². The smallest absolute Gasteiger partial charge is 0.324 e. The number of carbonyl (C=O) groups is 17. The maximum Gasteiger partial charge on any atom is 0.324 e. The van der Waals surface area contributed by atoms with Gasteiger partial charge in [-0.15, -0.1) is 0 Å². The summed E-state index contributed by atoms with van der Waals surface area (Å²) in [5.74, 6) is -18.2. The van der Waals surface area contributed by atoms with E-state index < -0.39 is 225 Å². The molecular formula is C78H122N14O21S2. The highest BCUT2D eigenvalue weighted by Crippen LogP contribution is 2.27. The lowest BCUT2D eigenvalue weighted by Crippen LogP contribution is -2.62. The molecule has 115 heavy (non-hydrogen) atoms. The Balaban J connectivity index is 1.64. The number of rotatable bonds is 35. The molecule has 2 fully saturated rings. The molecule has 2 saturated heterocycles. The number of unbranched alkanes of at least 4 members (excludes halogenated alkanes) is 15. The topological polar surface area (TPSA) is 527 Å². The molecule has 642 valence electrons. The number of nitrogens with zero attached hydrogens (tertiary/aromatic N) is 3. The van der Waals surface area contributed by atoms with E-state index in [4.69, 9.17) is 5.73 Å². The largest absolute Gasteiger partial charge is 0.481 e. The first-order valence-electron chi connectivity index (χ1n) is 40.6. The predicted octanol–water partition coefficient (Wildman–Crippen LogP) is 3.62. The Hall–Kier alpha value is -9.13. The zero-order valence-electron chi connectivity index (χ0n) is 66.9. The first kappa shape index (κ1) is 96.5. The molecule has 0 saturated carbocycles. The number of primary amides is 1. The fourth-order valence-corrected chi connectivity index (χ4v) is 16.4. The quantitative estimate of drug-likeness (QED) is 0.0432. The number of aliphatic hydroxyl groups excluding tert-OH is 1. The summed E-state index contributed by atoms with van der Waals surface area (Å²) in [6.07, 6.45) is 11.1. The molecule has 1 aromatic rings. The summed E-state index contributed by atoms with van der Waals surface area (Å²) in [6, 6.07) is -14.5. The standard InChI is InChI=1S/C78H122N14O21S2/c1-6-8-9-10-11-12-13-14-15-16-17-18-19-20-21-22-31-62(95)80-51(7-2)42-92-76(111)60-30-26-39-91(60)74(109)55(40-47(3)4)82-70(105)57-45-114-43-49-27-23-24-28-50(49)44-115-46-58(85-68(103)54(87-78(92)113)32-35-61(79)94)71(106)83-56(41-65(100)101)75(110)90-38-25-29-59(90)72(107)81-52(33-36-63(96)97)69(104)88-66(48(5)93)73(108)89-77(112)86-53(67(102)84-57)34-37-64(98)99/h23-24,27-28,47-48,51-60,66,93H,6-22,25-26,29-46H2,1-5H3,(H2,79,94)(H,80,95)(H,81,107)(H,82,105)(H,83,106)(H,84,102)(H,85,103)(H,87,113)(H,88,104)(H,96,97)(H,98,99)(H,100,101)(H2,86,89,108,112)/t48-,51+,52-,53+,54-,55+,56?,57-,58-,59+,60-,66+/m1/s1. The number of aliphatic hydroxyl groups is 1. The van der Waals surface area contributed by atoms with Crippen LogP contribution < -0.4 is 58.9 Å². The number of nitrogens with one attached hydrogen (secondary N) is 10. The highest BCUT2D eigenvalue weighted by molar-refractivity contribution is 7.99. The molecular weight excluding hydrogens is 1530 g/mol. The second-order valence-electron chi connectivity index (χ2n) is 30.5. The van der Waals surface area contributed by atoms with Crippen LogP contribution in [0.1, 0.15) is 238 Å². The summed E-state index contributed by atoms with van der Waals surface area (Å²) in [5, 5.41) is 65.3. The highest BCUT2D eigenvalue weighted by atomic mass is 32.2. The summed E-state index contributed by atoms with van der Waals surface area (Å²) < 4.78 is 0. The molecule has 35 nitrogen and oxygen atoms in total. The van der Waals surface area contributed by atoms with Crippen molar-refractivity contribution in [2.45, 2.75) is 311 Å². The van der Waals surface area contributed by atoms with Crippen LogP contribution >= 0.6 is 23.5 Å². The zero-order valence-corrected chi connectivity index (χ0v) is 68.6. The maximum atomic E-state index is 15.6. The molecule has 16 amide bonds. The molecule has 12 atom stereocenters. The number of benzene rings is 1. The fourth-order valence-electron chi connectivity index (χ4n) is 14.2. The minimum absolute atomic E-state index is 0.0360. The second kappa shape index (κ2) is 51.1. The molecule has 4 heterocycles. The summed E-state index contributed by atoms with van der Waals surface area (Å²) >= 11 is 2.13. The summed E-state index contributed by atoms with van der Waals surface area (Å²) in [5.41, 5.74) is 6.89. The van der Waals surface area contributed by atoms with E-state index in [-0.39, 0.29) is 87.1 Å². The second-order valence-corrected chi connectivity index (χ2v) is 32.6. The van der Waals surface area contributed by atoms with Gasteiger partial charge in [-0.1, -0.05) is 148 Å². The number of hydrogen-bond donors (Lipinski definition) is 15. The van der Waals surface area contributed by atoms with Crippen LogP contribution in [0, 0.1) is 5.92 Å². The van der Waals surface area contributed by atoms with E-state index >= 15 is 28.8 Å². The number of aliphatic carboxylic acids is 3. The first-order valence-corrected chi connectivity index (χ1v) is 42.9. The van der Waals surface area contributed by atoms with Crippen molar-refractivity contribution in [3.63, 3.8) is 0 Å². The van der Waals surface area contributed by atoms with Gasteiger partial charge in [0.1, 0.15) is 60.4 Å². The number of carbonyl (C=O) groups excluding carboxylic acids is 14. The third-order valence-corrected chi connectivity index (χ3v) is 22.8. The number of thioether (sulfide) groups is 2. The fraction of sp³-hybridized carbons (Fsp3) is 0.705. The van der Waals surface area contributed by atoms with Gasteiger partial charge in [0.25, 0.3) is 11.8 Å². The number of carboxylic acid groups (broad SMARTS) is 3. The van der Waals surface area contributed by atoms with Crippen LogP contribution in [0.4, 0.5) is 9.59 Å². The van der Waals surface area contributed by atoms with E-state index in [1.807, 2.05) is 5.32 Å².